The van der Waals surface area contributed by atoms with Crippen molar-refractivity contribution in [3.63, 3.8) is 0 Å². The molecular formula is C61H85N11O12. The van der Waals surface area contributed by atoms with Gasteiger partial charge in [-0.3, -0.25) is 38.4 Å². The zero-order valence-corrected chi connectivity index (χ0v) is 48.8. The normalized spacial score (nSPS) is 12.4. The maximum absolute atomic E-state index is 14.3. The van der Waals surface area contributed by atoms with Crippen molar-refractivity contribution in [2.45, 2.75) is 127 Å². The summed E-state index contributed by atoms with van der Waals surface area (Å²) in [6.07, 6.45) is 5.01. The number of nitrogens with zero attached hydrogens (tertiary/aromatic N) is 1. The highest BCUT2D eigenvalue weighted by Crippen LogP contribution is 2.27. The molecule has 0 spiro atoms. The van der Waals surface area contributed by atoms with Crippen LogP contribution in [0.3, 0.4) is 0 Å². The number of hydrogen-bond acceptors (Lipinski definition) is 17. The molecule has 23 heteroatoms. The van der Waals surface area contributed by atoms with E-state index in [1.807, 2.05) is 0 Å². The first kappa shape index (κ1) is 68.3. The number of carbonyl (C=O) groups excluding carboxylic acids is 8. The third-order valence-corrected chi connectivity index (χ3v) is 14.1. The summed E-state index contributed by atoms with van der Waals surface area (Å²) in [6.45, 7) is 1.52. The van der Waals surface area contributed by atoms with Crippen LogP contribution in [0.1, 0.15) is 141 Å². The zero-order valence-electron chi connectivity index (χ0n) is 48.8. The monoisotopic (exact) mass is 1160 g/mol. The lowest BCUT2D eigenvalue weighted by atomic mass is 9.95. The maximum atomic E-state index is 14.3. The summed E-state index contributed by atoms with van der Waals surface area (Å²) in [5, 5.41) is 8.60. The van der Waals surface area contributed by atoms with Crippen LogP contribution in [0.15, 0.2) is 77.8 Å². The lowest BCUT2D eigenvalue weighted by Crippen LogP contribution is -2.42. The average molecular weight is 1160 g/mol. The number of amides is 4. The number of nitrogens with two attached hydrogens (primary N) is 7. The molecule has 4 rings (SSSR count). The number of aliphatic imine (C=N–C) groups is 1. The van der Waals surface area contributed by atoms with Gasteiger partial charge in [0.1, 0.15) is 29.0 Å². The van der Waals surface area contributed by atoms with E-state index in [2.05, 4.69) is 20.9 Å². The second-order valence-corrected chi connectivity index (χ2v) is 20.4. The van der Waals surface area contributed by atoms with Gasteiger partial charge in [0.15, 0.2) is 29.1 Å². The van der Waals surface area contributed by atoms with Gasteiger partial charge >= 0.3 is 0 Å². The van der Waals surface area contributed by atoms with E-state index in [-0.39, 0.29) is 119 Å². The predicted octanol–water partition coefficient (Wildman–Crippen LogP) is 2.82. The first-order valence-electron chi connectivity index (χ1n) is 28.2. The highest BCUT2D eigenvalue weighted by molar-refractivity contribution is 6.04. The fourth-order valence-electron chi connectivity index (χ4n) is 9.56. The topological polar surface area (TPSA) is 404 Å². The number of carbonyl (C=O) groups is 8. The van der Waals surface area contributed by atoms with Gasteiger partial charge in [-0.2, -0.15) is 0 Å². The molecule has 17 N–H and O–H groups in total. The first-order chi connectivity index (χ1) is 40.3. The SMILES string of the molecule is COc1ccc(CC(=O)C(CCCCN)NC(=O)c2cc(CC(=O)C(CCCCN)NC(=O)c3cc(CC(=O)C(CCCCN)NC(=O)c4cc(CC(=O)C(CCCCN)N=C(N)N)ccc4OC)ccc3OC)ccc2OC)cc1C(N)=O. The second-order valence-electron chi connectivity index (χ2n) is 20.4. The Kier molecular flexibility index (Phi) is 29.0. The van der Waals surface area contributed by atoms with E-state index in [1.165, 1.54) is 58.8 Å². The molecule has 0 saturated heterocycles. The van der Waals surface area contributed by atoms with Crippen molar-refractivity contribution in [1.82, 2.24) is 16.0 Å². The summed E-state index contributed by atoms with van der Waals surface area (Å²) in [7, 11) is 5.56. The lowest BCUT2D eigenvalue weighted by molar-refractivity contribution is -0.121. The molecular weight excluding hydrogens is 1080 g/mol. The summed E-state index contributed by atoms with van der Waals surface area (Å²) in [4.78, 5) is 115. The predicted molar refractivity (Wildman–Crippen MR) is 320 cm³/mol. The molecule has 0 fully saturated rings. The molecule has 0 aliphatic rings. The number of methoxy groups -OCH3 is 4. The van der Waals surface area contributed by atoms with Crippen LogP contribution in [0.25, 0.3) is 0 Å². The van der Waals surface area contributed by atoms with Gasteiger partial charge in [0, 0.05) is 25.7 Å². The average Bonchev–Trinajstić information content (AvgIpc) is 3.56. The molecule has 84 heavy (non-hydrogen) atoms. The number of Topliss-reactive ketones (excluding diaryl/α,β-unsaturated/α-hetero) is 4. The molecule has 0 aliphatic carbocycles. The highest BCUT2D eigenvalue weighted by Gasteiger charge is 2.29. The fraction of sp³-hybridized carbons (Fsp3) is 0.459. The van der Waals surface area contributed by atoms with Crippen molar-refractivity contribution in [3.05, 3.63) is 117 Å². The fourth-order valence-corrected chi connectivity index (χ4v) is 9.56. The Bertz CT molecular complexity index is 2930. The number of primary amides is 1. The van der Waals surface area contributed by atoms with Gasteiger partial charge < -0.3 is 75.0 Å². The number of ether oxygens (including phenoxy) is 4. The van der Waals surface area contributed by atoms with E-state index in [0.29, 0.717) is 106 Å². The van der Waals surface area contributed by atoms with Gasteiger partial charge in [-0.1, -0.05) is 24.3 Å². The number of ketones is 4. The molecule has 4 aromatic rings. The molecule has 0 bridgehead atoms. The number of guanidine groups is 1. The summed E-state index contributed by atoms with van der Waals surface area (Å²) in [6, 6.07) is 14.9. The minimum atomic E-state index is -1.03. The summed E-state index contributed by atoms with van der Waals surface area (Å²) < 4.78 is 21.9. The summed E-state index contributed by atoms with van der Waals surface area (Å²) in [5.41, 5.74) is 42.0. The lowest BCUT2D eigenvalue weighted by Gasteiger charge is -2.21. The Balaban J connectivity index is 1.56. The van der Waals surface area contributed by atoms with Gasteiger partial charge in [-0.05, 0) is 174 Å². The van der Waals surface area contributed by atoms with Crippen LogP contribution in [0.4, 0.5) is 0 Å². The third kappa shape index (κ3) is 21.2. The zero-order chi connectivity index (χ0) is 61.7. The molecule has 0 aliphatic heterocycles. The van der Waals surface area contributed by atoms with E-state index in [9.17, 15) is 38.4 Å². The van der Waals surface area contributed by atoms with Crippen molar-refractivity contribution < 1.29 is 57.3 Å². The minimum Gasteiger partial charge on any atom is -0.496 e. The summed E-state index contributed by atoms with van der Waals surface area (Å²) >= 11 is 0. The van der Waals surface area contributed by atoms with E-state index < -0.39 is 47.8 Å². The molecule has 4 unspecified atom stereocenters. The standard InChI is InChI=1S/C61H85N11O12/c1-81-53-21-17-37(29-41(53)57(66)77)33-49(73)45(13-5-9-25-62)69-58(78)42-30-38(18-22-54(42)82-2)34-50(74)46(14-6-10-26-63)70-59(79)43-31-39(19-23-55(43)83-3)35-51(75)47(15-7-11-27-64)71-60(80)44-32-40(20-24-56(44)84-4)36-52(76)48(72-61(67)68)16-8-12-28-65/h17-24,29-32,45-48H,5-16,25-28,33-36,62-65H2,1-4H3,(H2,66,77)(H,69,78)(H,70,79)(H,71,80)(H4,67,68,72). The van der Waals surface area contributed by atoms with Crippen LogP contribution in [0.5, 0.6) is 23.0 Å². The minimum absolute atomic E-state index is 0.0416. The van der Waals surface area contributed by atoms with Gasteiger partial charge in [0.2, 0.25) is 0 Å². The largest absolute Gasteiger partial charge is 0.496 e. The molecule has 0 radical (unpaired) electrons. The Morgan fingerprint density at radius 3 is 0.940 bits per heavy atom. The van der Waals surface area contributed by atoms with E-state index in [4.69, 9.17) is 59.1 Å². The van der Waals surface area contributed by atoms with E-state index >= 15 is 0 Å². The van der Waals surface area contributed by atoms with Crippen molar-refractivity contribution in [3.8, 4) is 23.0 Å². The molecule has 0 heterocycles. The highest BCUT2D eigenvalue weighted by atomic mass is 16.5. The molecule has 4 aromatic carbocycles. The summed E-state index contributed by atoms with van der Waals surface area (Å²) in [5.74, 6) is -3.41. The molecule has 456 valence electrons. The number of hydrogen-bond donors (Lipinski definition) is 10. The Morgan fingerprint density at radius 2 is 0.667 bits per heavy atom. The van der Waals surface area contributed by atoms with Crippen LogP contribution in [0, 0.1) is 0 Å². The maximum Gasteiger partial charge on any atom is 0.255 e. The van der Waals surface area contributed by atoms with Gasteiger partial charge in [-0.25, -0.2) is 4.99 Å². The molecule has 4 atom stereocenters. The Labute approximate surface area is 491 Å². The van der Waals surface area contributed by atoms with Crippen molar-refractivity contribution in [2.75, 3.05) is 54.6 Å². The Morgan fingerprint density at radius 1 is 0.393 bits per heavy atom. The van der Waals surface area contributed by atoms with Crippen molar-refractivity contribution in [1.29, 1.82) is 0 Å². The van der Waals surface area contributed by atoms with Crippen LogP contribution in [-0.2, 0) is 44.9 Å². The number of rotatable bonds is 40. The third-order valence-electron chi connectivity index (χ3n) is 14.1. The molecule has 4 amide bonds. The first-order valence-corrected chi connectivity index (χ1v) is 28.2. The number of benzene rings is 4. The Hall–Kier alpha value is -8.25. The van der Waals surface area contributed by atoms with Crippen LogP contribution < -0.4 is 75.0 Å². The van der Waals surface area contributed by atoms with Crippen LogP contribution in [-0.4, -0.2) is 132 Å². The quantitative estimate of drug-likeness (QED) is 0.0174. The number of unbranched alkanes of at least 4 members (excludes halogenated alkanes) is 4. The van der Waals surface area contributed by atoms with Crippen LogP contribution in [0.2, 0.25) is 0 Å². The number of nitrogens with one attached hydrogen (secondary N) is 3. The second kappa shape index (κ2) is 35.7. The molecule has 0 saturated carbocycles. The van der Waals surface area contributed by atoms with Crippen molar-refractivity contribution in [2.24, 2.45) is 45.1 Å². The van der Waals surface area contributed by atoms with Gasteiger partial charge in [0.25, 0.3) is 23.6 Å². The van der Waals surface area contributed by atoms with Gasteiger partial charge in [0.05, 0.1) is 68.8 Å². The molecule has 23 nitrogen and oxygen atoms in total. The van der Waals surface area contributed by atoms with E-state index in [1.54, 1.807) is 42.5 Å². The van der Waals surface area contributed by atoms with E-state index in [0.717, 1.165) is 0 Å². The van der Waals surface area contributed by atoms with Gasteiger partial charge in [-0.15, -0.1) is 0 Å². The smallest absolute Gasteiger partial charge is 0.255 e. The molecule has 0 aromatic heterocycles. The van der Waals surface area contributed by atoms with Crippen molar-refractivity contribution >= 4 is 52.7 Å². The van der Waals surface area contributed by atoms with Crippen LogP contribution >= 0.6 is 0 Å².